The van der Waals surface area contributed by atoms with Crippen LogP contribution in [-0.2, 0) is 32.6 Å². The van der Waals surface area contributed by atoms with Crippen LogP contribution in [0.25, 0.3) is 0 Å². The van der Waals surface area contributed by atoms with Crippen LogP contribution in [0.5, 0.6) is 0 Å². The highest BCUT2D eigenvalue weighted by Crippen LogP contribution is 2.27. The van der Waals surface area contributed by atoms with E-state index in [1.54, 1.807) is 49.4 Å². The van der Waals surface area contributed by atoms with Crippen molar-refractivity contribution >= 4 is 50.7 Å². The van der Waals surface area contributed by atoms with Crippen LogP contribution >= 0.6 is 23.2 Å². The van der Waals surface area contributed by atoms with Gasteiger partial charge in [0.2, 0.25) is 11.8 Å². The summed E-state index contributed by atoms with van der Waals surface area (Å²) >= 11 is 12.6. The van der Waals surface area contributed by atoms with Gasteiger partial charge in [-0.1, -0.05) is 77.8 Å². The van der Waals surface area contributed by atoms with Crippen molar-refractivity contribution in [2.75, 3.05) is 17.4 Å². The molecule has 0 fully saturated rings. The lowest BCUT2D eigenvalue weighted by molar-refractivity contribution is -0.140. The molecule has 4 rings (SSSR count). The first-order valence-electron chi connectivity index (χ1n) is 13.5. The lowest BCUT2D eigenvalue weighted by Gasteiger charge is -2.34. The Hall–Kier alpha value is -3.92. The van der Waals surface area contributed by atoms with Gasteiger partial charge in [0.15, 0.2) is 0 Å². The number of para-hydroxylation sites is 1. The molecular weight excluding hydrogens is 612 g/mol. The second-order valence-electron chi connectivity index (χ2n) is 9.66. The molecule has 224 valence electrons. The molecule has 43 heavy (non-hydrogen) atoms. The molecule has 11 heteroatoms. The van der Waals surface area contributed by atoms with Crippen molar-refractivity contribution in [2.24, 2.45) is 0 Å². The first-order valence-corrected chi connectivity index (χ1v) is 15.7. The van der Waals surface area contributed by atoms with Crippen LogP contribution in [0.3, 0.4) is 0 Å². The molecule has 7 nitrogen and oxygen atoms in total. The molecule has 1 atom stereocenters. The summed E-state index contributed by atoms with van der Waals surface area (Å²) in [4.78, 5) is 28.9. The largest absolute Gasteiger partial charge is 0.355 e. The van der Waals surface area contributed by atoms with Crippen LogP contribution in [0.15, 0.2) is 108 Å². The van der Waals surface area contributed by atoms with E-state index < -0.39 is 40.2 Å². The number of amides is 2. The topological polar surface area (TPSA) is 86.8 Å². The first-order chi connectivity index (χ1) is 20.6. The molecule has 0 aliphatic carbocycles. The highest BCUT2D eigenvalue weighted by molar-refractivity contribution is 7.92. The molecule has 1 unspecified atom stereocenters. The monoisotopic (exact) mass is 641 g/mol. The van der Waals surface area contributed by atoms with Gasteiger partial charge in [-0.05, 0) is 66.6 Å². The maximum Gasteiger partial charge on any atom is 0.264 e. The number of rotatable bonds is 12. The fourth-order valence-corrected chi connectivity index (χ4v) is 6.42. The highest BCUT2D eigenvalue weighted by atomic mass is 35.5. The molecule has 0 saturated carbocycles. The number of likely N-dealkylation sites (N-methyl/N-ethyl adjacent to an activating group) is 1. The molecule has 0 aliphatic rings. The van der Waals surface area contributed by atoms with Gasteiger partial charge in [-0.25, -0.2) is 12.8 Å². The minimum atomic E-state index is -4.33. The fraction of sp³-hybridized carbons (Fsp3) is 0.188. The van der Waals surface area contributed by atoms with E-state index in [0.717, 1.165) is 34.1 Å². The van der Waals surface area contributed by atoms with Gasteiger partial charge in [-0.2, -0.15) is 0 Å². The Kier molecular flexibility index (Phi) is 10.8. The Morgan fingerprint density at radius 3 is 2.12 bits per heavy atom. The summed E-state index contributed by atoms with van der Waals surface area (Å²) in [5, 5.41) is 3.49. The Balaban J connectivity index is 1.79. The van der Waals surface area contributed by atoms with Crippen LogP contribution in [-0.4, -0.2) is 44.3 Å². The molecule has 4 aromatic carbocycles. The van der Waals surface area contributed by atoms with Gasteiger partial charge in [0.25, 0.3) is 10.0 Å². The minimum absolute atomic E-state index is 0.0945. The average Bonchev–Trinajstić information content (AvgIpc) is 2.99. The highest BCUT2D eigenvalue weighted by Gasteiger charge is 2.34. The van der Waals surface area contributed by atoms with E-state index in [2.05, 4.69) is 5.32 Å². The van der Waals surface area contributed by atoms with E-state index in [0.29, 0.717) is 22.2 Å². The van der Waals surface area contributed by atoms with Crippen molar-refractivity contribution in [1.82, 2.24) is 10.2 Å². The van der Waals surface area contributed by atoms with Crippen LogP contribution in [0, 0.1) is 5.82 Å². The van der Waals surface area contributed by atoms with Gasteiger partial charge in [0.1, 0.15) is 18.4 Å². The number of nitrogens with zero attached hydrogens (tertiary/aromatic N) is 2. The third-order valence-corrected chi connectivity index (χ3v) is 9.08. The zero-order valence-electron chi connectivity index (χ0n) is 23.3. The quantitative estimate of drug-likeness (QED) is 0.202. The van der Waals surface area contributed by atoms with Gasteiger partial charge in [-0.3, -0.25) is 13.9 Å². The molecule has 0 saturated heterocycles. The fourth-order valence-electron chi connectivity index (χ4n) is 4.54. The summed E-state index contributed by atoms with van der Waals surface area (Å²) < 4.78 is 42.3. The van der Waals surface area contributed by atoms with Crippen molar-refractivity contribution in [3.63, 3.8) is 0 Å². The van der Waals surface area contributed by atoms with Gasteiger partial charge in [0.05, 0.1) is 10.6 Å². The number of halogens is 3. The predicted molar refractivity (Wildman–Crippen MR) is 167 cm³/mol. The normalized spacial score (nSPS) is 11.9. The Labute approximate surface area is 260 Å². The zero-order valence-corrected chi connectivity index (χ0v) is 25.6. The SMILES string of the molecule is CCNC(=O)C(Cc1ccccc1)N(Cc1ccc(Cl)cc1Cl)C(=O)CN(c1ccccc1)S(=O)(=O)c1ccc(F)cc1. The molecule has 4 aromatic rings. The number of anilines is 1. The smallest absolute Gasteiger partial charge is 0.264 e. The maximum absolute atomic E-state index is 14.3. The van der Waals surface area contributed by atoms with E-state index >= 15 is 0 Å². The Bertz CT molecular complexity index is 1660. The number of carbonyl (C=O) groups excluding carboxylic acids is 2. The predicted octanol–water partition coefficient (Wildman–Crippen LogP) is 6.10. The number of nitrogens with one attached hydrogen (secondary N) is 1. The molecule has 0 aliphatic heterocycles. The molecule has 0 spiro atoms. The molecule has 2 amide bonds. The minimum Gasteiger partial charge on any atom is -0.355 e. The average molecular weight is 643 g/mol. The van der Waals surface area contributed by atoms with Gasteiger partial charge in [-0.15, -0.1) is 0 Å². The number of benzene rings is 4. The molecule has 0 bridgehead atoms. The third-order valence-electron chi connectivity index (χ3n) is 6.70. The van der Waals surface area contributed by atoms with Gasteiger partial charge in [0, 0.05) is 29.6 Å². The lowest BCUT2D eigenvalue weighted by Crippen LogP contribution is -2.53. The lowest BCUT2D eigenvalue weighted by atomic mass is 10.0. The van der Waals surface area contributed by atoms with E-state index in [1.807, 2.05) is 30.3 Å². The summed E-state index contributed by atoms with van der Waals surface area (Å²) in [6, 6.07) is 25.5. The molecule has 1 N–H and O–H groups in total. The molecule has 0 aromatic heterocycles. The van der Waals surface area contributed by atoms with Crippen molar-refractivity contribution in [2.45, 2.75) is 30.8 Å². The van der Waals surface area contributed by atoms with Crippen molar-refractivity contribution in [1.29, 1.82) is 0 Å². The van der Waals surface area contributed by atoms with Gasteiger partial charge < -0.3 is 10.2 Å². The summed E-state index contributed by atoms with van der Waals surface area (Å²) in [6.45, 7) is 1.36. The summed E-state index contributed by atoms with van der Waals surface area (Å²) in [5.74, 6) is -1.65. The number of hydrogen-bond donors (Lipinski definition) is 1. The second-order valence-corrected chi connectivity index (χ2v) is 12.4. The maximum atomic E-state index is 14.3. The van der Waals surface area contributed by atoms with E-state index in [-0.39, 0.29) is 23.5 Å². The second kappa shape index (κ2) is 14.5. The summed E-state index contributed by atoms with van der Waals surface area (Å²) in [7, 11) is -4.33. The number of hydrogen-bond acceptors (Lipinski definition) is 4. The van der Waals surface area contributed by atoms with Crippen LogP contribution in [0.4, 0.5) is 10.1 Å². The molecule has 0 heterocycles. The standard InChI is InChI=1S/C32H30Cl2FN3O4S/c1-2-36-32(40)30(19-23-9-5-3-6-10-23)37(21-24-13-14-25(33)20-29(24)34)31(39)22-38(27-11-7-4-8-12-27)43(41,42)28-17-15-26(35)16-18-28/h3-18,20,30H,2,19,21-22H2,1H3,(H,36,40). The van der Waals surface area contributed by atoms with Crippen LogP contribution < -0.4 is 9.62 Å². The summed E-state index contributed by atoms with van der Waals surface area (Å²) in [6.07, 6.45) is 0.166. The van der Waals surface area contributed by atoms with Crippen molar-refractivity contribution in [3.05, 3.63) is 130 Å². The summed E-state index contributed by atoms with van der Waals surface area (Å²) in [5.41, 5.74) is 1.55. The number of sulfonamides is 1. The third kappa shape index (κ3) is 8.13. The van der Waals surface area contributed by atoms with Crippen molar-refractivity contribution < 1.29 is 22.4 Å². The molecule has 0 radical (unpaired) electrons. The zero-order chi connectivity index (χ0) is 31.0. The van der Waals surface area contributed by atoms with E-state index in [4.69, 9.17) is 23.2 Å². The van der Waals surface area contributed by atoms with Crippen molar-refractivity contribution in [3.8, 4) is 0 Å². The van der Waals surface area contributed by atoms with E-state index in [9.17, 15) is 22.4 Å². The van der Waals surface area contributed by atoms with Gasteiger partial charge >= 0.3 is 0 Å². The molecular formula is C32H30Cl2FN3O4S. The Morgan fingerprint density at radius 2 is 1.51 bits per heavy atom. The van der Waals surface area contributed by atoms with Crippen LogP contribution in [0.2, 0.25) is 10.0 Å². The van der Waals surface area contributed by atoms with Crippen LogP contribution in [0.1, 0.15) is 18.1 Å². The first kappa shape index (κ1) is 32.0. The number of carbonyl (C=O) groups is 2. The van der Waals surface area contributed by atoms with E-state index in [1.165, 1.54) is 11.0 Å². The Morgan fingerprint density at radius 1 is 0.884 bits per heavy atom.